The Kier molecular flexibility index (Phi) is 4.50. The summed E-state index contributed by atoms with van der Waals surface area (Å²) < 4.78 is 21.2. The van der Waals surface area contributed by atoms with Gasteiger partial charge in [-0.3, -0.25) is 4.79 Å². The van der Waals surface area contributed by atoms with Crippen LogP contribution in [0.1, 0.15) is 11.3 Å². The van der Waals surface area contributed by atoms with Gasteiger partial charge in [0.15, 0.2) is 11.5 Å². The number of nitrogens with zero attached hydrogens (tertiary/aromatic N) is 1. The van der Waals surface area contributed by atoms with E-state index in [2.05, 4.69) is 4.98 Å². The highest BCUT2D eigenvalue weighted by molar-refractivity contribution is 6.32. The molecule has 26 heavy (non-hydrogen) atoms. The summed E-state index contributed by atoms with van der Waals surface area (Å²) in [5, 5.41) is 0.426. The molecule has 1 aromatic heterocycles. The lowest BCUT2D eigenvalue weighted by Gasteiger charge is -2.06. The molecular weight excluding hydrogens is 358 g/mol. The first kappa shape index (κ1) is 16.5. The maximum atomic E-state index is 12.1. The smallest absolute Gasteiger partial charge is 0.312 e. The van der Waals surface area contributed by atoms with E-state index in [-0.39, 0.29) is 19.8 Å². The standard InChI is InChI=1S/C19H14ClNO5/c20-15-6-12(7-16-18(15)26-11-25-16)9-23-17(22)8-14-10-24-19(21-14)13-4-2-1-3-5-13/h1-7,10H,8-9,11H2. The predicted molar refractivity (Wildman–Crippen MR) is 93.0 cm³/mol. The van der Waals surface area contributed by atoms with Gasteiger partial charge in [0.25, 0.3) is 0 Å². The van der Waals surface area contributed by atoms with Gasteiger partial charge in [0.1, 0.15) is 12.9 Å². The van der Waals surface area contributed by atoms with Crippen LogP contribution in [0.25, 0.3) is 11.5 Å². The summed E-state index contributed by atoms with van der Waals surface area (Å²) in [6.45, 7) is 0.215. The second-order valence-corrected chi connectivity index (χ2v) is 6.07. The van der Waals surface area contributed by atoms with E-state index >= 15 is 0 Å². The fourth-order valence-corrected chi connectivity index (χ4v) is 2.86. The van der Waals surface area contributed by atoms with Crippen LogP contribution < -0.4 is 9.47 Å². The van der Waals surface area contributed by atoms with Crippen LogP contribution in [-0.2, 0) is 22.6 Å². The zero-order valence-electron chi connectivity index (χ0n) is 13.6. The van der Waals surface area contributed by atoms with Crippen LogP contribution in [0, 0.1) is 0 Å². The molecule has 0 amide bonds. The minimum absolute atomic E-state index is 0.0224. The zero-order valence-corrected chi connectivity index (χ0v) is 14.4. The topological polar surface area (TPSA) is 70.8 Å². The molecule has 3 aromatic rings. The van der Waals surface area contributed by atoms with Crippen molar-refractivity contribution in [2.45, 2.75) is 13.0 Å². The van der Waals surface area contributed by atoms with Gasteiger partial charge in [-0.2, -0.15) is 0 Å². The minimum Gasteiger partial charge on any atom is -0.461 e. The number of aromatic nitrogens is 1. The van der Waals surface area contributed by atoms with Gasteiger partial charge in [-0.25, -0.2) is 4.98 Å². The summed E-state index contributed by atoms with van der Waals surface area (Å²) in [6, 6.07) is 12.9. The summed E-state index contributed by atoms with van der Waals surface area (Å²) >= 11 is 6.11. The van der Waals surface area contributed by atoms with Crippen LogP contribution in [-0.4, -0.2) is 17.7 Å². The van der Waals surface area contributed by atoms with E-state index in [4.69, 9.17) is 30.2 Å². The number of rotatable bonds is 5. The lowest BCUT2D eigenvalue weighted by Crippen LogP contribution is -2.08. The van der Waals surface area contributed by atoms with E-state index in [1.165, 1.54) is 6.26 Å². The number of carbonyl (C=O) groups is 1. The molecule has 1 aliphatic heterocycles. The Hall–Kier alpha value is -2.99. The fraction of sp³-hybridized carbons (Fsp3) is 0.158. The summed E-state index contributed by atoms with van der Waals surface area (Å²) in [4.78, 5) is 16.4. The molecule has 132 valence electrons. The Labute approximate surface area is 154 Å². The van der Waals surface area contributed by atoms with Crippen molar-refractivity contribution in [1.29, 1.82) is 0 Å². The predicted octanol–water partition coefficient (Wildman–Crippen LogP) is 4.01. The second kappa shape index (κ2) is 7.09. The van der Waals surface area contributed by atoms with Crippen molar-refractivity contribution in [3.05, 3.63) is 65.0 Å². The number of esters is 1. The van der Waals surface area contributed by atoms with E-state index in [9.17, 15) is 4.79 Å². The quantitative estimate of drug-likeness (QED) is 0.631. The van der Waals surface area contributed by atoms with Crippen molar-refractivity contribution in [2.75, 3.05) is 6.79 Å². The number of fused-ring (bicyclic) bond motifs is 1. The Morgan fingerprint density at radius 3 is 2.88 bits per heavy atom. The molecule has 7 heteroatoms. The molecule has 1 aliphatic rings. The molecule has 2 aromatic carbocycles. The SMILES string of the molecule is O=C(Cc1coc(-c2ccccc2)n1)OCc1cc(Cl)c2c(c1)OCO2. The van der Waals surface area contributed by atoms with Crippen LogP contribution in [0.5, 0.6) is 11.5 Å². The van der Waals surface area contributed by atoms with Gasteiger partial charge in [-0.05, 0) is 29.8 Å². The van der Waals surface area contributed by atoms with Gasteiger partial charge in [0.2, 0.25) is 12.7 Å². The second-order valence-electron chi connectivity index (χ2n) is 5.66. The number of benzene rings is 2. The summed E-state index contributed by atoms with van der Waals surface area (Å²) in [6.07, 6.45) is 1.48. The number of hydrogen-bond acceptors (Lipinski definition) is 6. The maximum absolute atomic E-state index is 12.1. The molecule has 0 aliphatic carbocycles. The van der Waals surface area contributed by atoms with Crippen molar-refractivity contribution in [3.63, 3.8) is 0 Å². The van der Waals surface area contributed by atoms with E-state index in [1.807, 2.05) is 30.3 Å². The first-order chi connectivity index (χ1) is 12.7. The highest BCUT2D eigenvalue weighted by atomic mass is 35.5. The van der Waals surface area contributed by atoms with Crippen molar-refractivity contribution in [1.82, 2.24) is 4.98 Å². The molecule has 0 saturated heterocycles. The van der Waals surface area contributed by atoms with E-state index < -0.39 is 5.97 Å². The zero-order chi connectivity index (χ0) is 17.9. The van der Waals surface area contributed by atoms with Crippen molar-refractivity contribution < 1.29 is 23.4 Å². The molecule has 2 heterocycles. The largest absolute Gasteiger partial charge is 0.461 e. The highest BCUT2D eigenvalue weighted by Gasteiger charge is 2.19. The van der Waals surface area contributed by atoms with Gasteiger partial charge < -0.3 is 18.6 Å². The molecule has 0 bridgehead atoms. The Balaban J connectivity index is 1.36. The molecular formula is C19H14ClNO5. The third-order valence-electron chi connectivity index (χ3n) is 3.78. The molecule has 0 spiro atoms. The summed E-state index contributed by atoms with van der Waals surface area (Å²) in [7, 11) is 0. The molecule has 0 atom stereocenters. The molecule has 0 unspecified atom stereocenters. The van der Waals surface area contributed by atoms with Crippen molar-refractivity contribution in [3.8, 4) is 23.0 Å². The van der Waals surface area contributed by atoms with E-state index in [0.29, 0.717) is 28.1 Å². The van der Waals surface area contributed by atoms with Gasteiger partial charge in [0, 0.05) is 5.56 Å². The number of oxazole rings is 1. The third-order valence-corrected chi connectivity index (χ3v) is 4.07. The Morgan fingerprint density at radius 1 is 1.19 bits per heavy atom. The molecule has 4 rings (SSSR count). The first-order valence-corrected chi connectivity index (χ1v) is 8.30. The fourth-order valence-electron chi connectivity index (χ4n) is 2.57. The van der Waals surface area contributed by atoms with Crippen LogP contribution in [0.15, 0.2) is 53.1 Å². The van der Waals surface area contributed by atoms with Gasteiger partial charge in [0.05, 0.1) is 17.1 Å². The van der Waals surface area contributed by atoms with Crippen LogP contribution in [0.4, 0.5) is 0 Å². The third kappa shape index (κ3) is 3.50. The Bertz CT molecular complexity index is 938. The average Bonchev–Trinajstić information content (AvgIpc) is 3.30. The highest BCUT2D eigenvalue weighted by Crippen LogP contribution is 2.39. The minimum atomic E-state index is -0.410. The summed E-state index contributed by atoms with van der Waals surface area (Å²) in [5.74, 6) is 1.12. The Morgan fingerprint density at radius 2 is 2.04 bits per heavy atom. The van der Waals surface area contributed by atoms with Gasteiger partial charge in [-0.15, -0.1) is 0 Å². The number of halogens is 1. The van der Waals surface area contributed by atoms with Crippen LogP contribution in [0.3, 0.4) is 0 Å². The van der Waals surface area contributed by atoms with E-state index in [0.717, 1.165) is 11.1 Å². The number of carbonyl (C=O) groups excluding carboxylic acids is 1. The molecule has 0 radical (unpaired) electrons. The average molecular weight is 372 g/mol. The maximum Gasteiger partial charge on any atom is 0.312 e. The lowest BCUT2D eigenvalue weighted by molar-refractivity contribution is -0.144. The van der Waals surface area contributed by atoms with Gasteiger partial charge in [-0.1, -0.05) is 29.8 Å². The summed E-state index contributed by atoms with van der Waals surface area (Å²) in [5.41, 5.74) is 2.08. The van der Waals surface area contributed by atoms with Crippen molar-refractivity contribution in [2.24, 2.45) is 0 Å². The molecule has 0 fully saturated rings. The van der Waals surface area contributed by atoms with Gasteiger partial charge >= 0.3 is 5.97 Å². The molecule has 0 saturated carbocycles. The molecule has 0 N–H and O–H groups in total. The molecule has 6 nitrogen and oxygen atoms in total. The van der Waals surface area contributed by atoms with Crippen LogP contribution in [0.2, 0.25) is 5.02 Å². The van der Waals surface area contributed by atoms with Crippen molar-refractivity contribution >= 4 is 17.6 Å². The monoisotopic (exact) mass is 371 g/mol. The van der Waals surface area contributed by atoms with Crippen LogP contribution >= 0.6 is 11.6 Å². The first-order valence-electron chi connectivity index (χ1n) is 7.92. The lowest BCUT2D eigenvalue weighted by atomic mass is 10.2. The van der Waals surface area contributed by atoms with E-state index in [1.54, 1.807) is 12.1 Å². The number of hydrogen-bond donors (Lipinski definition) is 0. The normalized spacial score (nSPS) is 12.2. The number of ether oxygens (including phenoxy) is 3.